The lowest BCUT2D eigenvalue weighted by molar-refractivity contribution is 0.0950. The highest BCUT2D eigenvalue weighted by molar-refractivity contribution is 5.94. The number of ether oxygens (including phenoxy) is 2. The van der Waals surface area contributed by atoms with Gasteiger partial charge in [-0.3, -0.25) is 9.78 Å². The molecule has 3 rings (SSSR count). The Bertz CT molecular complexity index is 942. The third-order valence-electron chi connectivity index (χ3n) is 4.07. The third kappa shape index (κ3) is 4.41. The third-order valence-corrected chi connectivity index (χ3v) is 4.07. The maximum absolute atomic E-state index is 13.3. The number of hydrogen-bond donors (Lipinski definition) is 1. The lowest BCUT2D eigenvalue weighted by Gasteiger charge is -2.11. The summed E-state index contributed by atoms with van der Waals surface area (Å²) in [5, 5.41) is 2.84. The number of hydrogen-bond acceptors (Lipinski definition) is 4. The molecule has 0 aliphatic carbocycles. The maximum Gasteiger partial charge on any atom is 0.253 e. The molecule has 0 atom stereocenters. The highest BCUT2D eigenvalue weighted by Crippen LogP contribution is 2.24. The van der Waals surface area contributed by atoms with Crippen molar-refractivity contribution in [2.75, 3.05) is 14.2 Å². The van der Waals surface area contributed by atoms with Gasteiger partial charge in [-0.25, -0.2) is 4.39 Å². The molecule has 2 aromatic carbocycles. The number of carbonyl (C=O) groups is 1. The van der Waals surface area contributed by atoms with Crippen LogP contribution in [0.1, 0.15) is 15.9 Å². The monoisotopic (exact) mass is 366 g/mol. The molecule has 6 heteroatoms. The van der Waals surface area contributed by atoms with Crippen molar-refractivity contribution in [1.82, 2.24) is 10.3 Å². The van der Waals surface area contributed by atoms with E-state index in [2.05, 4.69) is 10.3 Å². The van der Waals surface area contributed by atoms with Crippen molar-refractivity contribution in [1.29, 1.82) is 0 Å². The Hall–Kier alpha value is -3.41. The van der Waals surface area contributed by atoms with Gasteiger partial charge in [-0.2, -0.15) is 0 Å². The Labute approximate surface area is 156 Å². The number of nitrogens with zero attached hydrogens (tertiary/aromatic N) is 1. The van der Waals surface area contributed by atoms with E-state index in [4.69, 9.17) is 9.47 Å². The van der Waals surface area contributed by atoms with Gasteiger partial charge in [0.1, 0.15) is 17.3 Å². The molecule has 0 saturated carbocycles. The summed E-state index contributed by atoms with van der Waals surface area (Å²) in [6.45, 7) is 0.283. The van der Waals surface area contributed by atoms with Gasteiger partial charge in [0.15, 0.2) is 0 Å². The zero-order valence-corrected chi connectivity index (χ0v) is 15.0. The van der Waals surface area contributed by atoms with E-state index in [1.165, 1.54) is 18.3 Å². The first-order chi connectivity index (χ1) is 13.1. The van der Waals surface area contributed by atoms with Crippen molar-refractivity contribution in [3.05, 3.63) is 77.7 Å². The summed E-state index contributed by atoms with van der Waals surface area (Å²) in [5.41, 5.74) is 2.47. The molecule has 0 aliphatic rings. The summed E-state index contributed by atoms with van der Waals surface area (Å²) >= 11 is 0. The Balaban J connectivity index is 1.70. The first-order valence-corrected chi connectivity index (χ1v) is 8.32. The molecule has 5 nitrogen and oxygen atoms in total. The van der Waals surface area contributed by atoms with Crippen LogP contribution in [0.4, 0.5) is 4.39 Å². The van der Waals surface area contributed by atoms with Gasteiger partial charge >= 0.3 is 0 Å². The number of halogens is 1. The van der Waals surface area contributed by atoms with Crippen LogP contribution in [0.15, 0.2) is 60.8 Å². The van der Waals surface area contributed by atoms with Crippen LogP contribution in [-0.4, -0.2) is 25.1 Å². The fourth-order valence-corrected chi connectivity index (χ4v) is 2.64. The van der Waals surface area contributed by atoms with Crippen LogP contribution >= 0.6 is 0 Å². The highest BCUT2D eigenvalue weighted by Gasteiger charge is 2.10. The molecule has 0 bridgehead atoms. The van der Waals surface area contributed by atoms with Crippen LogP contribution in [0.5, 0.6) is 11.5 Å². The molecule has 3 aromatic rings. The number of carbonyl (C=O) groups excluding carboxylic acids is 1. The lowest BCUT2D eigenvalue weighted by Crippen LogP contribution is -2.23. The smallest absolute Gasteiger partial charge is 0.253 e. The minimum atomic E-state index is -0.330. The average molecular weight is 366 g/mol. The van der Waals surface area contributed by atoms with E-state index in [0.29, 0.717) is 28.3 Å². The van der Waals surface area contributed by atoms with Crippen molar-refractivity contribution in [2.45, 2.75) is 6.54 Å². The summed E-state index contributed by atoms with van der Waals surface area (Å²) in [7, 11) is 3.15. The molecular weight excluding hydrogens is 347 g/mol. The molecule has 1 aromatic heterocycles. The molecule has 0 unspecified atom stereocenters. The van der Waals surface area contributed by atoms with Crippen molar-refractivity contribution >= 4 is 5.91 Å². The van der Waals surface area contributed by atoms with Gasteiger partial charge in [-0.05, 0) is 42.5 Å². The number of nitrogens with one attached hydrogen (secondary N) is 1. The van der Waals surface area contributed by atoms with E-state index < -0.39 is 0 Å². The largest absolute Gasteiger partial charge is 0.497 e. The van der Waals surface area contributed by atoms with Crippen LogP contribution in [0.25, 0.3) is 11.3 Å². The number of amides is 1. The Kier molecular flexibility index (Phi) is 5.66. The highest BCUT2D eigenvalue weighted by atomic mass is 19.1. The van der Waals surface area contributed by atoms with E-state index in [0.717, 1.165) is 5.56 Å². The SMILES string of the molecule is COc1ccc(OC)c(CNC(=O)c2ccc(-c3cccc(F)c3)nc2)c1. The van der Waals surface area contributed by atoms with Crippen molar-refractivity contribution in [3.8, 4) is 22.8 Å². The van der Waals surface area contributed by atoms with E-state index in [-0.39, 0.29) is 18.3 Å². The molecule has 0 saturated heterocycles. The summed E-state index contributed by atoms with van der Waals surface area (Å²) in [6, 6.07) is 14.9. The minimum Gasteiger partial charge on any atom is -0.497 e. The number of pyridine rings is 1. The number of rotatable bonds is 6. The Morgan fingerprint density at radius 3 is 2.59 bits per heavy atom. The first-order valence-electron chi connectivity index (χ1n) is 8.32. The number of benzene rings is 2. The van der Waals surface area contributed by atoms with Crippen molar-refractivity contribution < 1.29 is 18.7 Å². The van der Waals surface area contributed by atoms with Gasteiger partial charge in [0.2, 0.25) is 0 Å². The van der Waals surface area contributed by atoms with E-state index >= 15 is 0 Å². The molecule has 1 N–H and O–H groups in total. The van der Waals surface area contributed by atoms with Crippen molar-refractivity contribution in [3.63, 3.8) is 0 Å². The summed E-state index contributed by atoms with van der Waals surface area (Å²) in [5.74, 6) is 0.748. The molecule has 1 heterocycles. The van der Waals surface area contributed by atoms with Gasteiger partial charge < -0.3 is 14.8 Å². The maximum atomic E-state index is 13.3. The molecule has 0 aliphatic heterocycles. The van der Waals surface area contributed by atoms with Crippen LogP contribution in [0.2, 0.25) is 0 Å². The van der Waals surface area contributed by atoms with E-state index in [1.54, 1.807) is 50.6 Å². The second-order valence-corrected chi connectivity index (χ2v) is 5.80. The Morgan fingerprint density at radius 1 is 1.07 bits per heavy atom. The fourth-order valence-electron chi connectivity index (χ4n) is 2.64. The zero-order chi connectivity index (χ0) is 19.2. The normalized spacial score (nSPS) is 10.3. The van der Waals surface area contributed by atoms with E-state index in [9.17, 15) is 9.18 Å². The average Bonchev–Trinajstić information content (AvgIpc) is 2.71. The molecule has 138 valence electrons. The summed E-state index contributed by atoms with van der Waals surface area (Å²) < 4.78 is 23.8. The second-order valence-electron chi connectivity index (χ2n) is 5.80. The van der Waals surface area contributed by atoms with Crippen LogP contribution in [0.3, 0.4) is 0 Å². The zero-order valence-electron chi connectivity index (χ0n) is 15.0. The summed E-state index contributed by atoms with van der Waals surface area (Å²) in [4.78, 5) is 16.6. The fraction of sp³-hybridized carbons (Fsp3) is 0.143. The lowest BCUT2D eigenvalue weighted by atomic mass is 10.1. The molecule has 0 fully saturated rings. The molecule has 0 radical (unpaired) electrons. The Morgan fingerprint density at radius 2 is 1.93 bits per heavy atom. The predicted octanol–water partition coefficient (Wildman–Crippen LogP) is 3.83. The predicted molar refractivity (Wildman–Crippen MR) is 100 cm³/mol. The summed E-state index contributed by atoms with van der Waals surface area (Å²) in [6.07, 6.45) is 1.47. The van der Waals surface area contributed by atoms with Gasteiger partial charge in [-0.1, -0.05) is 12.1 Å². The standard InChI is InChI=1S/C21H19FN2O3/c1-26-18-7-9-20(27-2)16(11-18)13-24-21(25)15-6-8-19(23-12-15)14-4-3-5-17(22)10-14/h3-12H,13H2,1-2H3,(H,24,25). The van der Waals surface area contributed by atoms with Gasteiger partial charge in [0.05, 0.1) is 25.5 Å². The van der Waals surface area contributed by atoms with Crippen LogP contribution < -0.4 is 14.8 Å². The quantitative estimate of drug-likeness (QED) is 0.720. The topological polar surface area (TPSA) is 60.5 Å². The molecule has 27 heavy (non-hydrogen) atoms. The first kappa shape index (κ1) is 18.4. The van der Waals surface area contributed by atoms with Crippen LogP contribution in [-0.2, 0) is 6.54 Å². The molecule has 1 amide bonds. The van der Waals surface area contributed by atoms with Crippen molar-refractivity contribution in [2.24, 2.45) is 0 Å². The second kappa shape index (κ2) is 8.31. The van der Waals surface area contributed by atoms with Gasteiger partial charge in [-0.15, -0.1) is 0 Å². The molecule has 0 spiro atoms. The number of aromatic nitrogens is 1. The van der Waals surface area contributed by atoms with E-state index in [1.807, 2.05) is 6.07 Å². The number of methoxy groups -OCH3 is 2. The van der Waals surface area contributed by atoms with Gasteiger partial charge in [0.25, 0.3) is 5.91 Å². The van der Waals surface area contributed by atoms with Gasteiger partial charge in [0, 0.05) is 23.9 Å². The van der Waals surface area contributed by atoms with Crippen LogP contribution in [0, 0.1) is 5.82 Å². The molecular formula is C21H19FN2O3. The minimum absolute atomic E-state index is 0.266.